The Bertz CT molecular complexity index is 374. The fourth-order valence-electron chi connectivity index (χ4n) is 1.23. The van der Waals surface area contributed by atoms with Crippen molar-refractivity contribution < 1.29 is 23.1 Å². The molecule has 0 aliphatic heterocycles. The summed E-state index contributed by atoms with van der Waals surface area (Å²) in [7, 11) is -3.42. The molecular formula is C10H19NO5S. The van der Waals surface area contributed by atoms with Crippen LogP contribution in [0.4, 0.5) is 0 Å². The van der Waals surface area contributed by atoms with Crippen LogP contribution in [0.15, 0.2) is 0 Å². The van der Waals surface area contributed by atoms with E-state index in [2.05, 4.69) is 5.32 Å². The first kappa shape index (κ1) is 15.9. The van der Waals surface area contributed by atoms with Gasteiger partial charge in [0.25, 0.3) is 0 Å². The topological polar surface area (TPSA) is 101 Å². The maximum absolute atomic E-state index is 11.4. The highest BCUT2D eigenvalue weighted by Gasteiger charge is 2.23. The molecule has 17 heavy (non-hydrogen) atoms. The molecule has 0 rings (SSSR count). The Labute approximate surface area is 101 Å². The Morgan fingerprint density at radius 1 is 1.29 bits per heavy atom. The highest BCUT2D eigenvalue weighted by atomic mass is 32.2. The van der Waals surface area contributed by atoms with Gasteiger partial charge in [0.05, 0.1) is 0 Å². The van der Waals surface area contributed by atoms with E-state index >= 15 is 0 Å². The van der Waals surface area contributed by atoms with Gasteiger partial charge in [-0.2, -0.15) is 0 Å². The summed E-state index contributed by atoms with van der Waals surface area (Å²) >= 11 is 0. The maximum atomic E-state index is 11.4. The van der Waals surface area contributed by atoms with Gasteiger partial charge in [0, 0.05) is 5.75 Å². The molecule has 1 amide bonds. The van der Waals surface area contributed by atoms with Gasteiger partial charge >= 0.3 is 5.97 Å². The average Bonchev–Trinajstić information content (AvgIpc) is 2.15. The van der Waals surface area contributed by atoms with E-state index in [0.29, 0.717) is 0 Å². The summed E-state index contributed by atoms with van der Waals surface area (Å²) < 4.78 is 22.4. The third-order valence-electron chi connectivity index (χ3n) is 2.13. The number of carboxylic acid groups (broad SMARTS) is 1. The van der Waals surface area contributed by atoms with Gasteiger partial charge in [-0.05, 0) is 12.3 Å². The third kappa shape index (κ3) is 6.93. The van der Waals surface area contributed by atoms with Crippen LogP contribution < -0.4 is 5.32 Å². The van der Waals surface area contributed by atoms with E-state index in [9.17, 15) is 18.0 Å². The molecule has 100 valence electrons. The molecule has 0 saturated heterocycles. The number of aliphatic carboxylic acids is 1. The van der Waals surface area contributed by atoms with E-state index in [1.165, 1.54) is 6.92 Å². The van der Waals surface area contributed by atoms with E-state index in [0.717, 1.165) is 0 Å². The Morgan fingerprint density at radius 3 is 2.18 bits per heavy atom. The van der Waals surface area contributed by atoms with E-state index in [1.54, 1.807) is 0 Å². The molecule has 0 saturated carbocycles. The number of hydrogen-bond donors (Lipinski definition) is 2. The van der Waals surface area contributed by atoms with Gasteiger partial charge in [-0.25, -0.2) is 13.2 Å². The molecule has 0 aromatic carbocycles. The van der Waals surface area contributed by atoms with Gasteiger partial charge in [0.2, 0.25) is 5.91 Å². The first-order valence-corrected chi connectivity index (χ1v) is 7.22. The van der Waals surface area contributed by atoms with Crippen molar-refractivity contribution in [3.63, 3.8) is 0 Å². The lowest BCUT2D eigenvalue weighted by Gasteiger charge is -2.16. The third-order valence-corrected chi connectivity index (χ3v) is 3.71. The molecule has 0 unspecified atom stereocenters. The highest BCUT2D eigenvalue weighted by molar-refractivity contribution is 7.92. The summed E-state index contributed by atoms with van der Waals surface area (Å²) in [6, 6.07) is -1.03. The molecule has 1 atom stereocenters. The predicted octanol–water partition coefficient (Wildman–Crippen LogP) is 0.0366. The van der Waals surface area contributed by atoms with Gasteiger partial charge in [-0.3, -0.25) is 4.79 Å². The van der Waals surface area contributed by atoms with Crippen LogP contribution in [0.25, 0.3) is 0 Å². The first-order chi connectivity index (χ1) is 7.68. The zero-order valence-corrected chi connectivity index (χ0v) is 11.1. The van der Waals surface area contributed by atoms with E-state index in [1.807, 2.05) is 13.8 Å². The molecule has 0 bridgehead atoms. The van der Waals surface area contributed by atoms with Crippen LogP contribution >= 0.6 is 0 Å². The van der Waals surface area contributed by atoms with Gasteiger partial charge < -0.3 is 10.4 Å². The number of amides is 1. The zero-order valence-electron chi connectivity index (χ0n) is 10.3. The summed E-state index contributed by atoms with van der Waals surface area (Å²) in [6.45, 7) is 5.08. The van der Waals surface area contributed by atoms with E-state index < -0.39 is 33.5 Å². The number of rotatable bonds is 7. The quantitative estimate of drug-likeness (QED) is 0.676. The first-order valence-electron chi connectivity index (χ1n) is 5.40. The normalized spacial score (nSPS) is 13.4. The van der Waals surface area contributed by atoms with Crippen LogP contribution in [-0.4, -0.2) is 42.9 Å². The lowest BCUT2D eigenvalue weighted by molar-refractivity contribution is -0.141. The predicted molar refractivity (Wildman–Crippen MR) is 63.3 cm³/mol. The van der Waals surface area contributed by atoms with E-state index in [4.69, 9.17) is 5.11 Å². The monoisotopic (exact) mass is 265 g/mol. The largest absolute Gasteiger partial charge is 0.480 e. The Morgan fingerprint density at radius 2 is 1.82 bits per heavy atom. The summed E-state index contributed by atoms with van der Waals surface area (Å²) in [5.41, 5.74) is 0. The van der Waals surface area contributed by atoms with Crippen molar-refractivity contribution in [1.29, 1.82) is 0 Å². The molecule has 7 heteroatoms. The Kier molecular flexibility index (Phi) is 6.15. The molecule has 2 N–H and O–H groups in total. The van der Waals surface area contributed by atoms with Crippen LogP contribution in [0.2, 0.25) is 0 Å². The lowest BCUT2D eigenvalue weighted by atomic mass is 10.0. The molecule has 0 aromatic rings. The average molecular weight is 265 g/mol. The Balaban J connectivity index is 4.47. The number of sulfone groups is 1. The number of carboxylic acids is 1. The molecule has 0 fully saturated rings. The summed E-state index contributed by atoms with van der Waals surface area (Å²) in [6.07, 6.45) is 0.271. The number of carbonyl (C=O) groups is 2. The molecule has 6 nitrogen and oxygen atoms in total. The van der Waals surface area contributed by atoms with Crippen LogP contribution in [0.3, 0.4) is 0 Å². The second-order valence-electron chi connectivity index (χ2n) is 4.26. The SMILES string of the molecule is CCS(=O)(=O)CC(=O)N[C@@H](CC(C)C)C(=O)O. The van der Waals surface area contributed by atoms with Crippen molar-refractivity contribution in [3.8, 4) is 0 Å². The Hall–Kier alpha value is -1.11. The summed E-state index contributed by atoms with van der Waals surface area (Å²) in [4.78, 5) is 22.2. The van der Waals surface area contributed by atoms with Crippen molar-refractivity contribution >= 4 is 21.7 Å². The van der Waals surface area contributed by atoms with Crippen molar-refractivity contribution in [2.75, 3.05) is 11.5 Å². The van der Waals surface area contributed by atoms with Crippen LogP contribution in [0, 0.1) is 5.92 Å². The highest BCUT2D eigenvalue weighted by Crippen LogP contribution is 2.05. The van der Waals surface area contributed by atoms with Crippen LogP contribution in [-0.2, 0) is 19.4 Å². The maximum Gasteiger partial charge on any atom is 0.326 e. The van der Waals surface area contributed by atoms with Crippen LogP contribution in [0.1, 0.15) is 27.2 Å². The fraction of sp³-hybridized carbons (Fsp3) is 0.800. The van der Waals surface area contributed by atoms with Crippen molar-refractivity contribution in [2.45, 2.75) is 33.2 Å². The molecule has 0 aromatic heterocycles. The van der Waals surface area contributed by atoms with E-state index in [-0.39, 0.29) is 18.1 Å². The number of nitrogens with one attached hydrogen (secondary N) is 1. The molecule has 0 radical (unpaired) electrons. The van der Waals surface area contributed by atoms with Crippen LogP contribution in [0.5, 0.6) is 0 Å². The fourth-order valence-corrected chi connectivity index (χ4v) is 1.92. The second kappa shape index (κ2) is 6.58. The van der Waals surface area contributed by atoms with Gasteiger partial charge in [0.15, 0.2) is 9.84 Å². The van der Waals surface area contributed by atoms with Gasteiger partial charge in [-0.1, -0.05) is 20.8 Å². The second-order valence-corrected chi connectivity index (χ2v) is 6.62. The smallest absolute Gasteiger partial charge is 0.326 e. The summed E-state index contributed by atoms with van der Waals surface area (Å²) in [5.74, 6) is -2.62. The van der Waals surface area contributed by atoms with Crippen molar-refractivity contribution in [2.24, 2.45) is 5.92 Å². The minimum absolute atomic E-state index is 0.0965. The molecular weight excluding hydrogens is 246 g/mol. The minimum Gasteiger partial charge on any atom is -0.480 e. The van der Waals surface area contributed by atoms with Gasteiger partial charge in [0.1, 0.15) is 11.8 Å². The zero-order chi connectivity index (χ0) is 13.6. The standard InChI is InChI=1S/C10H19NO5S/c1-4-17(15,16)6-9(12)11-8(10(13)14)5-7(2)3/h7-8H,4-6H2,1-3H3,(H,11,12)(H,13,14)/t8-/m0/s1. The molecule has 0 aliphatic rings. The van der Waals surface area contributed by atoms with Crippen molar-refractivity contribution in [3.05, 3.63) is 0 Å². The van der Waals surface area contributed by atoms with Gasteiger partial charge in [-0.15, -0.1) is 0 Å². The number of carbonyl (C=O) groups excluding carboxylic acids is 1. The minimum atomic E-state index is -3.42. The molecule has 0 heterocycles. The lowest BCUT2D eigenvalue weighted by Crippen LogP contribution is -2.44. The van der Waals surface area contributed by atoms with Crippen molar-refractivity contribution in [1.82, 2.24) is 5.32 Å². The molecule has 0 spiro atoms. The summed E-state index contributed by atoms with van der Waals surface area (Å²) in [5, 5.41) is 11.1. The number of hydrogen-bond acceptors (Lipinski definition) is 4. The molecule has 0 aliphatic carbocycles.